The molecule has 2 heterocycles. The molecule has 0 unspecified atom stereocenters. The molecule has 1 aliphatic carbocycles. The van der Waals surface area contributed by atoms with E-state index in [0.29, 0.717) is 19.3 Å². The van der Waals surface area contributed by atoms with Crippen LogP contribution in [0.25, 0.3) is 0 Å². The highest BCUT2D eigenvalue weighted by molar-refractivity contribution is 7.91. The Balaban J connectivity index is 1.81. The van der Waals surface area contributed by atoms with Crippen LogP contribution >= 0.6 is 0 Å². The molecule has 2 aliphatic rings. The van der Waals surface area contributed by atoms with Gasteiger partial charge >= 0.3 is 0 Å². The Hall–Kier alpha value is -1.47. The largest absolute Gasteiger partial charge is 0.475 e. The van der Waals surface area contributed by atoms with Crippen LogP contribution in [0.5, 0.6) is 0 Å². The third-order valence-electron chi connectivity index (χ3n) is 4.60. The van der Waals surface area contributed by atoms with Gasteiger partial charge in [-0.1, -0.05) is 12.5 Å². The minimum Gasteiger partial charge on any atom is -0.475 e. The van der Waals surface area contributed by atoms with Crippen molar-refractivity contribution in [2.75, 3.05) is 6.61 Å². The molecule has 3 rings (SSSR count). The van der Waals surface area contributed by atoms with Crippen LogP contribution in [0.4, 0.5) is 0 Å². The molecule has 1 saturated carbocycles. The number of hydrogen-bond donors (Lipinski definition) is 1. The molecule has 126 valence electrons. The number of rotatable bonds is 5. The first-order valence-corrected chi connectivity index (χ1v) is 9.60. The molecule has 23 heavy (non-hydrogen) atoms. The normalized spacial score (nSPS) is 27.4. The van der Waals surface area contributed by atoms with Gasteiger partial charge in [-0.25, -0.2) is 8.42 Å². The summed E-state index contributed by atoms with van der Waals surface area (Å²) >= 11 is 0. The van der Waals surface area contributed by atoms with Gasteiger partial charge in [0.2, 0.25) is 5.90 Å². The predicted molar refractivity (Wildman–Crippen MR) is 86.8 cm³/mol. The second-order valence-corrected chi connectivity index (χ2v) is 8.00. The monoisotopic (exact) mass is 338 g/mol. The lowest BCUT2D eigenvalue weighted by Gasteiger charge is -2.34. The van der Waals surface area contributed by atoms with E-state index in [-0.39, 0.29) is 24.5 Å². The van der Waals surface area contributed by atoms with Gasteiger partial charge in [0.15, 0.2) is 0 Å². The molecule has 0 radical (unpaired) electrons. The van der Waals surface area contributed by atoms with Crippen LogP contribution < -0.4 is 0 Å². The van der Waals surface area contributed by atoms with Crippen molar-refractivity contribution in [1.82, 2.24) is 4.98 Å². The molecule has 3 atom stereocenters. The highest BCUT2D eigenvalue weighted by Crippen LogP contribution is 2.33. The summed E-state index contributed by atoms with van der Waals surface area (Å²) in [6, 6.07) is 3.76. The van der Waals surface area contributed by atoms with E-state index < -0.39 is 15.3 Å². The minimum atomic E-state index is -3.49. The second-order valence-electron chi connectivity index (χ2n) is 6.18. The van der Waals surface area contributed by atoms with Gasteiger partial charge in [-0.2, -0.15) is 0 Å². The zero-order valence-corrected chi connectivity index (χ0v) is 13.8. The highest BCUT2D eigenvalue weighted by atomic mass is 32.2. The van der Waals surface area contributed by atoms with Gasteiger partial charge < -0.3 is 9.84 Å². The Morgan fingerprint density at radius 2 is 2.17 bits per heavy atom. The van der Waals surface area contributed by atoms with E-state index >= 15 is 0 Å². The van der Waals surface area contributed by atoms with Crippen molar-refractivity contribution in [1.29, 1.82) is 0 Å². The lowest BCUT2D eigenvalue weighted by molar-refractivity contribution is 0.134. The molecular formula is C16H22N2O4S. The summed E-state index contributed by atoms with van der Waals surface area (Å²) in [5.41, 5.74) is 0.955. The molecular weight excluding hydrogens is 316 g/mol. The summed E-state index contributed by atoms with van der Waals surface area (Å²) in [6.07, 6.45) is 7.34. The zero-order chi connectivity index (χ0) is 16.3. The average Bonchev–Trinajstić information content (AvgIpc) is 2.55. The molecule has 0 amide bonds. The maximum Gasteiger partial charge on any atom is 0.262 e. The third kappa shape index (κ3) is 3.72. The summed E-state index contributed by atoms with van der Waals surface area (Å²) in [6.45, 7) is 0.0195. The van der Waals surface area contributed by atoms with E-state index in [2.05, 4.69) is 9.38 Å². The lowest BCUT2D eigenvalue weighted by Crippen LogP contribution is -2.43. The number of nitrogens with zero attached hydrogens (tertiary/aromatic N) is 2. The first-order chi connectivity index (χ1) is 11.1. The number of pyridine rings is 1. The van der Waals surface area contributed by atoms with Gasteiger partial charge in [0.05, 0.1) is 0 Å². The number of aliphatic hydroxyl groups is 1. The number of ether oxygens (including phenoxy) is 1. The van der Waals surface area contributed by atoms with Crippen molar-refractivity contribution in [2.45, 2.75) is 55.8 Å². The number of sulfonamides is 1. The molecule has 0 aromatic carbocycles. The summed E-state index contributed by atoms with van der Waals surface area (Å²) in [7, 11) is -3.49. The third-order valence-corrected chi connectivity index (χ3v) is 6.36. The minimum absolute atomic E-state index is 0.0195. The number of fused-ring (bicyclic) bond motifs is 1. The van der Waals surface area contributed by atoms with Gasteiger partial charge in [-0.3, -0.25) is 4.98 Å². The van der Waals surface area contributed by atoms with E-state index in [0.717, 1.165) is 24.8 Å². The Bertz CT molecular complexity index is 660. The maximum absolute atomic E-state index is 12.4. The topological polar surface area (TPSA) is 88.9 Å². The van der Waals surface area contributed by atoms with E-state index in [4.69, 9.17) is 4.74 Å². The van der Waals surface area contributed by atoms with E-state index in [9.17, 15) is 13.5 Å². The fourth-order valence-electron chi connectivity index (χ4n) is 3.40. The van der Waals surface area contributed by atoms with Crippen LogP contribution in [0.1, 0.15) is 50.0 Å². The standard InChI is InChI=1S/C16H22N2O4S/c19-9-7-12(13-4-3-8-17-11-13)10-16-18-23(20,21)15-6-2-1-5-14(15)22-16/h3-4,8,11-12,14-15,19H,1-2,5-7,9-10H2/t12-,14+,15-/m1/s1. The van der Waals surface area contributed by atoms with E-state index in [1.54, 1.807) is 12.4 Å². The lowest BCUT2D eigenvalue weighted by atomic mass is 9.93. The Kier molecular flexibility index (Phi) is 4.96. The van der Waals surface area contributed by atoms with Crippen LogP contribution in [-0.2, 0) is 14.8 Å². The molecule has 0 saturated heterocycles. The first kappa shape index (κ1) is 16.4. The number of aromatic nitrogens is 1. The van der Waals surface area contributed by atoms with Crippen LogP contribution in [0.3, 0.4) is 0 Å². The van der Waals surface area contributed by atoms with E-state index in [1.807, 2.05) is 12.1 Å². The summed E-state index contributed by atoms with van der Waals surface area (Å²) in [5, 5.41) is 8.81. The maximum atomic E-state index is 12.4. The van der Waals surface area contributed by atoms with Gasteiger partial charge in [0.25, 0.3) is 10.0 Å². The van der Waals surface area contributed by atoms with Crippen LogP contribution in [0.2, 0.25) is 0 Å². The highest BCUT2D eigenvalue weighted by Gasteiger charge is 2.41. The molecule has 1 aromatic heterocycles. The average molecular weight is 338 g/mol. The van der Waals surface area contributed by atoms with E-state index in [1.165, 1.54) is 0 Å². The summed E-state index contributed by atoms with van der Waals surface area (Å²) < 4.78 is 34.5. The van der Waals surface area contributed by atoms with Crippen LogP contribution in [0.15, 0.2) is 28.9 Å². The van der Waals surface area contributed by atoms with Crippen molar-refractivity contribution in [3.8, 4) is 0 Å². The van der Waals surface area contributed by atoms with Crippen molar-refractivity contribution in [3.63, 3.8) is 0 Å². The molecule has 7 heteroatoms. The summed E-state index contributed by atoms with van der Waals surface area (Å²) in [5.74, 6) is 0.221. The fraction of sp³-hybridized carbons (Fsp3) is 0.625. The molecule has 0 bridgehead atoms. The second kappa shape index (κ2) is 6.97. The van der Waals surface area contributed by atoms with Crippen molar-refractivity contribution < 1.29 is 18.3 Å². The Labute approximate surface area is 136 Å². The van der Waals surface area contributed by atoms with Crippen molar-refractivity contribution >= 4 is 15.9 Å². The Morgan fingerprint density at radius 3 is 2.91 bits per heavy atom. The molecule has 1 aromatic rings. The SMILES string of the molecule is O=S1(=O)N=C(C[C@@H](CCO)c2cccnc2)O[C@H]2CCCC[C@H]21. The van der Waals surface area contributed by atoms with Gasteiger partial charge in [0, 0.05) is 25.4 Å². The number of hydrogen-bond acceptors (Lipinski definition) is 5. The summed E-state index contributed by atoms with van der Waals surface area (Å²) in [4.78, 5) is 4.09. The smallest absolute Gasteiger partial charge is 0.262 e. The van der Waals surface area contributed by atoms with Gasteiger partial charge in [-0.05, 0) is 43.2 Å². The molecule has 6 nitrogen and oxygen atoms in total. The zero-order valence-electron chi connectivity index (χ0n) is 13.0. The van der Waals surface area contributed by atoms with Gasteiger partial charge in [0.1, 0.15) is 11.4 Å². The van der Waals surface area contributed by atoms with Crippen molar-refractivity contribution in [3.05, 3.63) is 30.1 Å². The number of aliphatic hydroxyl groups excluding tert-OH is 1. The predicted octanol–water partition coefficient (Wildman–Crippen LogP) is 2.01. The molecule has 1 N–H and O–H groups in total. The van der Waals surface area contributed by atoms with Gasteiger partial charge in [-0.15, -0.1) is 4.40 Å². The first-order valence-electron chi connectivity index (χ1n) is 8.10. The fourth-order valence-corrected chi connectivity index (χ4v) is 4.98. The quantitative estimate of drug-likeness (QED) is 0.887. The van der Waals surface area contributed by atoms with Crippen LogP contribution in [0, 0.1) is 0 Å². The molecule has 0 spiro atoms. The Morgan fingerprint density at radius 1 is 1.35 bits per heavy atom. The van der Waals surface area contributed by atoms with Crippen LogP contribution in [-0.4, -0.2) is 42.4 Å². The molecule has 1 aliphatic heterocycles. The molecule has 1 fully saturated rings. The van der Waals surface area contributed by atoms with Crippen molar-refractivity contribution in [2.24, 2.45) is 4.40 Å².